The highest BCUT2D eigenvalue weighted by molar-refractivity contribution is 5.19. The summed E-state index contributed by atoms with van der Waals surface area (Å²) in [6, 6.07) is 0. The normalized spacial score (nSPS) is 7.67. The Morgan fingerprint density at radius 3 is 1.15 bits per heavy atom. The number of allylic oxidation sites excluding steroid dienone is 4. The fourth-order valence-electron chi connectivity index (χ4n) is 0.832. The molecule has 0 N–H and O–H groups in total. The highest BCUT2D eigenvalue weighted by Gasteiger charge is 2.12. The molecule has 0 rings (SSSR count). The summed E-state index contributed by atoms with van der Waals surface area (Å²) >= 11 is 0. The first kappa shape index (κ1) is 45.1. The van der Waals surface area contributed by atoms with E-state index in [1.165, 1.54) is 31.3 Å². The van der Waals surface area contributed by atoms with E-state index in [4.69, 9.17) is 0 Å². The van der Waals surface area contributed by atoms with Crippen LogP contribution in [0.25, 0.3) is 0 Å². The van der Waals surface area contributed by atoms with E-state index >= 15 is 0 Å². The third-order valence-corrected chi connectivity index (χ3v) is 3.47. The molecule has 0 aromatic carbocycles. The van der Waals surface area contributed by atoms with Crippen molar-refractivity contribution in [1.82, 2.24) is 0 Å². The quantitative estimate of drug-likeness (QED) is 0.325. The molecule has 0 aromatic heterocycles. The average Bonchev–Trinajstić information content (AvgIpc) is 2.66. The minimum Gasteiger partial charge on any atom is -0.0959 e. The fraction of sp³-hybridized carbons (Fsp3) is 0.778. The Morgan fingerprint density at radius 1 is 0.778 bits per heavy atom. The first-order chi connectivity index (χ1) is 12.0. The molecule has 0 bridgehead atoms. The van der Waals surface area contributed by atoms with Crippen LogP contribution in [-0.4, -0.2) is 0 Å². The summed E-state index contributed by atoms with van der Waals surface area (Å²) in [4.78, 5) is 0. The van der Waals surface area contributed by atoms with Crippen LogP contribution in [0, 0.1) is 5.41 Å². The average molecular weight is 387 g/mol. The SMILES string of the molecule is C.C=C(C)C(=C)C.CC.CC.CC.CC=C(C)C.CCCCC(C)(C)CC. The van der Waals surface area contributed by atoms with Gasteiger partial charge in [-0.1, -0.05) is 132 Å². The molecule has 0 aliphatic heterocycles. The maximum absolute atomic E-state index is 3.66. The van der Waals surface area contributed by atoms with E-state index in [0.717, 1.165) is 11.1 Å². The van der Waals surface area contributed by atoms with Crippen LogP contribution in [0.15, 0.2) is 36.0 Å². The van der Waals surface area contributed by atoms with Gasteiger partial charge in [-0.2, -0.15) is 0 Å². The van der Waals surface area contributed by atoms with E-state index in [0.29, 0.717) is 5.41 Å². The van der Waals surface area contributed by atoms with Crippen LogP contribution in [0.1, 0.15) is 137 Å². The fourth-order valence-corrected chi connectivity index (χ4v) is 0.832. The van der Waals surface area contributed by atoms with Gasteiger partial charge in [-0.3, -0.25) is 0 Å². The lowest BCUT2D eigenvalue weighted by atomic mass is 9.85. The van der Waals surface area contributed by atoms with Crippen LogP contribution < -0.4 is 0 Å². The molecule has 27 heavy (non-hydrogen) atoms. The predicted molar refractivity (Wildman–Crippen MR) is 139 cm³/mol. The second-order valence-corrected chi connectivity index (χ2v) is 6.55. The lowest BCUT2D eigenvalue weighted by Gasteiger charge is -2.21. The van der Waals surface area contributed by atoms with Crippen molar-refractivity contribution in [2.24, 2.45) is 5.41 Å². The molecule has 0 nitrogen and oxygen atoms in total. The summed E-state index contributed by atoms with van der Waals surface area (Å²) in [5.41, 5.74) is 4.10. The topological polar surface area (TPSA) is 0 Å². The van der Waals surface area contributed by atoms with Crippen molar-refractivity contribution in [2.75, 3.05) is 0 Å². The molecule has 0 spiro atoms. The van der Waals surface area contributed by atoms with E-state index < -0.39 is 0 Å². The summed E-state index contributed by atoms with van der Waals surface area (Å²) in [6.07, 6.45) is 7.51. The van der Waals surface area contributed by atoms with Crippen LogP contribution in [0.3, 0.4) is 0 Å². The molecule has 0 aliphatic carbocycles. The predicted octanol–water partition coefficient (Wildman–Crippen LogP) is 11.4. The lowest BCUT2D eigenvalue weighted by Crippen LogP contribution is -2.08. The molecule has 0 saturated carbocycles. The summed E-state index contributed by atoms with van der Waals surface area (Å²) in [5, 5.41) is 0. The molecule has 0 aliphatic rings. The Kier molecular flexibility index (Phi) is 67.0. The number of unbranched alkanes of at least 4 members (excludes halogenated alkanes) is 1. The van der Waals surface area contributed by atoms with Crippen molar-refractivity contribution in [3.8, 4) is 0 Å². The Bertz CT molecular complexity index is 260. The first-order valence-corrected chi connectivity index (χ1v) is 10.9. The van der Waals surface area contributed by atoms with Gasteiger partial charge in [-0.05, 0) is 46.5 Å². The van der Waals surface area contributed by atoms with Gasteiger partial charge < -0.3 is 0 Å². The summed E-state index contributed by atoms with van der Waals surface area (Å²) in [6.45, 7) is 38.6. The standard InChI is InChI=1S/C9H20.C6H10.C5H10.3C2H6.CH4/c1-5-7-8-9(3,4)6-2;1-5(2)6(3)4;1-4-5(2)3;3*1-2;/h5-8H2,1-4H3;1,3H2,2,4H3;4H,1-3H3;3*1-2H3;1H4. The lowest BCUT2D eigenvalue weighted by molar-refractivity contribution is 0.311. The van der Waals surface area contributed by atoms with Gasteiger partial charge in [0.15, 0.2) is 0 Å². The molecule has 0 unspecified atom stereocenters. The highest BCUT2D eigenvalue weighted by atomic mass is 14.2. The smallest absolute Gasteiger partial charge is 0.0357 e. The summed E-state index contributed by atoms with van der Waals surface area (Å²) < 4.78 is 0. The van der Waals surface area contributed by atoms with Gasteiger partial charge >= 0.3 is 0 Å². The van der Waals surface area contributed by atoms with E-state index in [2.05, 4.69) is 60.8 Å². The number of hydrogen-bond donors (Lipinski definition) is 0. The Balaban J connectivity index is -0.0000000394. The van der Waals surface area contributed by atoms with Crippen molar-refractivity contribution in [1.29, 1.82) is 0 Å². The van der Waals surface area contributed by atoms with Gasteiger partial charge in [0.05, 0.1) is 0 Å². The van der Waals surface area contributed by atoms with Gasteiger partial charge in [-0.25, -0.2) is 0 Å². The second kappa shape index (κ2) is 40.0. The van der Waals surface area contributed by atoms with Gasteiger partial charge in [0.2, 0.25) is 0 Å². The molecule has 0 fully saturated rings. The van der Waals surface area contributed by atoms with E-state index in [9.17, 15) is 0 Å². The van der Waals surface area contributed by atoms with Crippen molar-refractivity contribution in [3.63, 3.8) is 0 Å². The van der Waals surface area contributed by atoms with Crippen molar-refractivity contribution in [3.05, 3.63) is 36.0 Å². The van der Waals surface area contributed by atoms with Gasteiger partial charge in [0.25, 0.3) is 0 Å². The van der Waals surface area contributed by atoms with Crippen molar-refractivity contribution >= 4 is 0 Å². The molecular formula is C27H62. The second-order valence-electron chi connectivity index (χ2n) is 6.55. The molecule has 0 aromatic rings. The van der Waals surface area contributed by atoms with E-state index in [1.54, 1.807) is 0 Å². The van der Waals surface area contributed by atoms with Crippen LogP contribution in [-0.2, 0) is 0 Å². The zero-order valence-electron chi connectivity index (χ0n) is 21.8. The van der Waals surface area contributed by atoms with Crippen molar-refractivity contribution < 1.29 is 0 Å². The van der Waals surface area contributed by atoms with Crippen LogP contribution >= 0.6 is 0 Å². The van der Waals surface area contributed by atoms with Gasteiger partial charge in [0, 0.05) is 0 Å². The van der Waals surface area contributed by atoms with Crippen LogP contribution in [0.4, 0.5) is 0 Å². The molecule has 0 atom stereocenters. The number of rotatable bonds is 5. The van der Waals surface area contributed by atoms with E-state index in [1.807, 2.05) is 62.3 Å². The maximum Gasteiger partial charge on any atom is -0.0357 e. The zero-order valence-corrected chi connectivity index (χ0v) is 21.8. The molecule has 0 heteroatoms. The highest BCUT2D eigenvalue weighted by Crippen LogP contribution is 2.26. The third kappa shape index (κ3) is 77.8. The first-order valence-electron chi connectivity index (χ1n) is 10.9. The Hall–Kier alpha value is -0.780. The molecular weight excluding hydrogens is 324 g/mol. The zero-order chi connectivity index (χ0) is 22.8. The van der Waals surface area contributed by atoms with Gasteiger partial charge in [-0.15, -0.1) is 0 Å². The van der Waals surface area contributed by atoms with Crippen molar-refractivity contribution in [2.45, 2.75) is 137 Å². The monoisotopic (exact) mass is 386 g/mol. The van der Waals surface area contributed by atoms with E-state index in [-0.39, 0.29) is 7.43 Å². The van der Waals surface area contributed by atoms with Gasteiger partial charge in [0.1, 0.15) is 0 Å². The molecule has 0 radical (unpaired) electrons. The van der Waals surface area contributed by atoms with Crippen LogP contribution in [0.2, 0.25) is 0 Å². The van der Waals surface area contributed by atoms with Crippen LogP contribution in [0.5, 0.6) is 0 Å². The number of hydrogen-bond acceptors (Lipinski definition) is 0. The maximum atomic E-state index is 3.66. The molecule has 170 valence electrons. The molecule has 0 saturated heterocycles. The summed E-state index contributed by atoms with van der Waals surface area (Å²) in [5.74, 6) is 0. The summed E-state index contributed by atoms with van der Waals surface area (Å²) in [7, 11) is 0. The minimum absolute atomic E-state index is 0. The Morgan fingerprint density at radius 2 is 1.04 bits per heavy atom. The minimum atomic E-state index is 0. The molecule has 0 amide bonds. The Labute approximate surface area is 178 Å². The largest absolute Gasteiger partial charge is 0.0959 e. The molecule has 0 heterocycles. The third-order valence-electron chi connectivity index (χ3n) is 3.47.